The fraction of sp³-hybridized carbons (Fsp3) is 0.350. The van der Waals surface area contributed by atoms with Crippen molar-refractivity contribution in [1.29, 1.82) is 0 Å². The third-order valence-corrected chi connectivity index (χ3v) is 5.72. The molecule has 0 radical (unpaired) electrons. The SMILES string of the molecule is O=C(CSc1nc2ccccc2c(=O)n1Cc1ccco1)N1CCCCC1. The van der Waals surface area contributed by atoms with Crippen LogP contribution >= 0.6 is 11.8 Å². The zero-order valence-corrected chi connectivity index (χ0v) is 15.8. The molecule has 27 heavy (non-hydrogen) atoms. The van der Waals surface area contributed by atoms with E-state index in [0.29, 0.717) is 28.4 Å². The Kier molecular flexibility index (Phi) is 5.29. The highest BCUT2D eigenvalue weighted by Gasteiger charge is 2.19. The van der Waals surface area contributed by atoms with Crippen LogP contribution in [0.3, 0.4) is 0 Å². The van der Waals surface area contributed by atoms with Crippen LogP contribution in [0.4, 0.5) is 0 Å². The lowest BCUT2D eigenvalue weighted by atomic mass is 10.1. The van der Waals surface area contributed by atoms with Crippen molar-refractivity contribution in [3.05, 3.63) is 58.8 Å². The molecular formula is C20H21N3O3S. The third-order valence-electron chi connectivity index (χ3n) is 4.75. The lowest BCUT2D eigenvalue weighted by Gasteiger charge is -2.26. The van der Waals surface area contributed by atoms with Crippen LogP contribution < -0.4 is 5.56 Å². The minimum Gasteiger partial charge on any atom is -0.467 e. The Labute approximate surface area is 161 Å². The number of fused-ring (bicyclic) bond motifs is 1. The summed E-state index contributed by atoms with van der Waals surface area (Å²) in [6, 6.07) is 10.9. The molecule has 1 aliphatic rings. The van der Waals surface area contributed by atoms with Gasteiger partial charge in [-0.25, -0.2) is 4.98 Å². The van der Waals surface area contributed by atoms with Crippen LogP contribution in [0.1, 0.15) is 25.0 Å². The fourth-order valence-corrected chi connectivity index (χ4v) is 4.22. The van der Waals surface area contributed by atoms with Gasteiger partial charge in [0.05, 0.1) is 29.5 Å². The van der Waals surface area contributed by atoms with Crippen molar-refractivity contribution in [2.24, 2.45) is 0 Å². The Balaban J connectivity index is 1.63. The van der Waals surface area contributed by atoms with Crippen molar-refractivity contribution >= 4 is 28.6 Å². The molecule has 1 aromatic carbocycles. The first kappa shape index (κ1) is 17.9. The number of hydrogen-bond donors (Lipinski definition) is 0. The molecule has 1 saturated heterocycles. The number of piperidine rings is 1. The van der Waals surface area contributed by atoms with Crippen molar-refractivity contribution in [2.75, 3.05) is 18.8 Å². The van der Waals surface area contributed by atoms with E-state index in [4.69, 9.17) is 4.42 Å². The van der Waals surface area contributed by atoms with Crippen molar-refractivity contribution in [2.45, 2.75) is 31.0 Å². The number of rotatable bonds is 5. The van der Waals surface area contributed by atoms with Crippen molar-refractivity contribution < 1.29 is 9.21 Å². The topological polar surface area (TPSA) is 68.3 Å². The number of benzene rings is 1. The second kappa shape index (κ2) is 8.00. The van der Waals surface area contributed by atoms with E-state index in [0.717, 1.165) is 25.9 Å². The number of carbonyl (C=O) groups is 1. The van der Waals surface area contributed by atoms with Gasteiger partial charge in [-0.05, 0) is 43.5 Å². The molecule has 0 spiro atoms. The van der Waals surface area contributed by atoms with Gasteiger partial charge in [-0.15, -0.1) is 0 Å². The molecule has 6 nitrogen and oxygen atoms in total. The molecule has 0 unspecified atom stereocenters. The number of thioether (sulfide) groups is 1. The summed E-state index contributed by atoms with van der Waals surface area (Å²) in [7, 11) is 0. The van der Waals surface area contributed by atoms with E-state index >= 15 is 0 Å². The molecule has 4 rings (SSSR count). The number of likely N-dealkylation sites (tertiary alicyclic amines) is 1. The molecule has 1 amide bonds. The summed E-state index contributed by atoms with van der Waals surface area (Å²) in [5.74, 6) is 1.06. The van der Waals surface area contributed by atoms with E-state index in [1.807, 2.05) is 29.2 Å². The summed E-state index contributed by atoms with van der Waals surface area (Å²) in [4.78, 5) is 32.1. The maximum Gasteiger partial charge on any atom is 0.262 e. The van der Waals surface area contributed by atoms with Gasteiger partial charge in [0.2, 0.25) is 5.91 Å². The van der Waals surface area contributed by atoms with Gasteiger partial charge < -0.3 is 9.32 Å². The first-order valence-electron chi connectivity index (χ1n) is 9.15. The molecular weight excluding hydrogens is 362 g/mol. The van der Waals surface area contributed by atoms with Gasteiger partial charge in [0, 0.05) is 13.1 Å². The summed E-state index contributed by atoms with van der Waals surface area (Å²) < 4.78 is 7.00. The molecule has 2 aromatic heterocycles. The molecule has 7 heteroatoms. The van der Waals surface area contributed by atoms with Gasteiger partial charge >= 0.3 is 0 Å². The second-order valence-electron chi connectivity index (χ2n) is 6.61. The Morgan fingerprint density at radius 3 is 2.70 bits per heavy atom. The van der Waals surface area contributed by atoms with Crippen LogP contribution in [-0.4, -0.2) is 39.2 Å². The molecule has 3 aromatic rings. The van der Waals surface area contributed by atoms with Crippen molar-refractivity contribution in [3.63, 3.8) is 0 Å². The van der Waals surface area contributed by atoms with Crippen LogP contribution in [0.25, 0.3) is 10.9 Å². The summed E-state index contributed by atoms with van der Waals surface area (Å²) in [5.41, 5.74) is 0.524. The van der Waals surface area contributed by atoms with Crippen LogP contribution in [0.2, 0.25) is 0 Å². The third kappa shape index (κ3) is 3.93. The highest BCUT2D eigenvalue weighted by atomic mass is 32.2. The fourth-order valence-electron chi connectivity index (χ4n) is 3.32. The van der Waals surface area contributed by atoms with Crippen molar-refractivity contribution in [1.82, 2.24) is 14.5 Å². The molecule has 1 aliphatic heterocycles. The average Bonchev–Trinajstić information content (AvgIpc) is 3.22. The number of amides is 1. The normalized spacial score (nSPS) is 14.6. The van der Waals surface area contributed by atoms with Crippen LogP contribution in [-0.2, 0) is 11.3 Å². The molecule has 3 heterocycles. The lowest BCUT2D eigenvalue weighted by Crippen LogP contribution is -2.37. The number of hydrogen-bond acceptors (Lipinski definition) is 5. The summed E-state index contributed by atoms with van der Waals surface area (Å²) in [5, 5.41) is 1.11. The van der Waals surface area contributed by atoms with E-state index in [1.165, 1.54) is 18.2 Å². The zero-order chi connectivity index (χ0) is 18.6. The number of carbonyl (C=O) groups excluding carboxylic acids is 1. The van der Waals surface area contributed by atoms with Gasteiger partial charge in [0.25, 0.3) is 5.56 Å². The number of para-hydroxylation sites is 1. The van der Waals surface area contributed by atoms with Gasteiger partial charge in [0.1, 0.15) is 5.76 Å². The molecule has 0 saturated carbocycles. The molecule has 0 bridgehead atoms. The Bertz CT molecular complexity index is 991. The van der Waals surface area contributed by atoms with Crippen LogP contribution in [0.5, 0.6) is 0 Å². The van der Waals surface area contributed by atoms with E-state index in [-0.39, 0.29) is 17.2 Å². The Morgan fingerprint density at radius 1 is 1.11 bits per heavy atom. The second-order valence-corrected chi connectivity index (χ2v) is 7.55. The molecule has 1 fully saturated rings. The summed E-state index contributed by atoms with van der Waals surface area (Å²) in [6.07, 6.45) is 4.90. The van der Waals surface area contributed by atoms with Crippen molar-refractivity contribution in [3.8, 4) is 0 Å². The smallest absolute Gasteiger partial charge is 0.262 e. The zero-order valence-electron chi connectivity index (χ0n) is 15.0. The monoisotopic (exact) mass is 383 g/mol. The first-order valence-corrected chi connectivity index (χ1v) is 10.1. The molecule has 140 valence electrons. The predicted octanol–water partition coefficient (Wildman–Crippen LogP) is 3.14. The highest BCUT2D eigenvalue weighted by Crippen LogP contribution is 2.20. The Hall–Kier alpha value is -2.54. The van der Waals surface area contributed by atoms with E-state index in [1.54, 1.807) is 23.0 Å². The number of furan rings is 1. The van der Waals surface area contributed by atoms with E-state index in [9.17, 15) is 9.59 Å². The number of nitrogens with zero attached hydrogens (tertiary/aromatic N) is 3. The maximum absolute atomic E-state index is 13.0. The number of aromatic nitrogens is 2. The largest absolute Gasteiger partial charge is 0.467 e. The quantitative estimate of drug-likeness (QED) is 0.500. The molecule has 0 atom stereocenters. The minimum absolute atomic E-state index is 0.103. The highest BCUT2D eigenvalue weighted by molar-refractivity contribution is 7.99. The van der Waals surface area contributed by atoms with Gasteiger partial charge in [-0.3, -0.25) is 14.2 Å². The van der Waals surface area contributed by atoms with E-state index < -0.39 is 0 Å². The van der Waals surface area contributed by atoms with E-state index in [2.05, 4.69) is 4.98 Å². The predicted molar refractivity (Wildman–Crippen MR) is 105 cm³/mol. The summed E-state index contributed by atoms with van der Waals surface area (Å²) >= 11 is 1.32. The molecule has 0 N–H and O–H groups in total. The average molecular weight is 383 g/mol. The van der Waals surface area contributed by atoms with Gasteiger partial charge in [-0.1, -0.05) is 23.9 Å². The lowest BCUT2D eigenvalue weighted by molar-refractivity contribution is -0.129. The molecule has 0 aliphatic carbocycles. The maximum atomic E-state index is 13.0. The first-order chi connectivity index (χ1) is 13.2. The minimum atomic E-state index is -0.120. The van der Waals surface area contributed by atoms with Crippen LogP contribution in [0, 0.1) is 0 Å². The van der Waals surface area contributed by atoms with Crippen LogP contribution in [0.15, 0.2) is 57.0 Å². The summed E-state index contributed by atoms with van der Waals surface area (Å²) in [6.45, 7) is 1.94. The Morgan fingerprint density at radius 2 is 1.93 bits per heavy atom. The van der Waals surface area contributed by atoms with Gasteiger partial charge in [-0.2, -0.15) is 0 Å². The van der Waals surface area contributed by atoms with Gasteiger partial charge in [0.15, 0.2) is 5.16 Å². The standard InChI is InChI=1S/C20H21N3O3S/c24-18(22-10-4-1-5-11-22)14-27-20-21-17-9-3-2-8-16(17)19(25)23(20)13-15-7-6-12-26-15/h2-3,6-9,12H,1,4-5,10-11,13-14H2.